The van der Waals surface area contributed by atoms with Crippen LogP contribution in [0.1, 0.15) is 22.6 Å². The van der Waals surface area contributed by atoms with Crippen LogP contribution in [0.4, 0.5) is 0 Å². The molecule has 0 unspecified atom stereocenters. The molecule has 19 heavy (non-hydrogen) atoms. The topological polar surface area (TPSA) is 57.8 Å². The van der Waals surface area contributed by atoms with Gasteiger partial charge in [-0.15, -0.1) is 0 Å². The molecule has 1 aromatic heterocycles. The van der Waals surface area contributed by atoms with Crippen LogP contribution in [0.25, 0.3) is 0 Å². The minimum absolute atomic E-state index is 0.0913. The van der Waals surface area contributed by atoms with E-state index in [1.807, 2.05) is 6.07 Å². The number of halogens is 2. The van der Waals surface area contributed by atoms with Gasteiger partial charge in [0.15, 0.2) is 0 Å². The number of amides is 1. The molecule has 0 bridgehead atoms. The lowest BCUT2D eigenvalue weighted by atomic mass is 10.2. The monoisotopic (exact) mass is 389 g/mol. The standard InChI is InChI=1S/C13H13ClIN3O/c14-9-3-4-11(15)10(8-9)13(19)18-5-1-2-12-16-6-7-17-12/h3-4,6-8H,1-2,5H2,(H,16,17)(H,18,19). The fourth-order valence-electron chi connectivity index (χ4n) is 1.66. The molecule has 0 fully saturated rings. The first-order chi connectivity index (χ1) is 9.16. The summed E-state index contributed by atoms with van der Waals surface area (Å²) in [5.41, 5.74) is 0.617. The summed E-state index contributed by atoms with van der Waals surface area (Å²) < 4.78 is 0.894. The van der Waals surface area contributed by atoms with Gasteiger partial charge in [0.2, 0.25) is 0 Å². The molecule has 0 saturated carbocycles. The van der Waals surface area contributed by atoms with Gasteiger partial charge in [0.05, 0.1) is 5.56 Å². The number of hydrogen-bond acceptors (Lipinski definition) is 2. The number of aromatic nitrogens is 2. The van der Waals surface area contributed by atoms with Gasteiger partial charge >= 0.3 is 0 Å². The number of nitrogens with one attached hydrogen (secondary N) is 2. The SMILES string of the molecule is O=C(NCCCc1ncc[nH]1)c1cc(Cl)ccc1I. The van der Waals surface area contributed by atoms with Crippen molar-refractivity contribution in [1.29, 1.82) is 0 Å². The van der Waals surface area contributed by atoms with E-state index in [1.54, 1.807) is 24.5 Å². The van der Waals surface area contributed by atoms with E-state index in [1.165, 1.54) is 0 Å². The molecule has 0 aliphatic heterocycles. The Morgan fingerprint density at radius 1 is 1.47 bits per heavy atom. The average Bonchev–Trinajstić information content (AvgIpc) is 2.90. The van der Waals surface area contributed by atoms with Crippen LogP contribution in [0.3, 0.4) is 0 Å². The molecule has 0 spiro atoms. The molecule has 2 aromatic rings. The second kappa shape index (κ2) is 6.91. The highest BCUT2D eigenvalue weighted by atomic mass is 127. The number of H-pyrrole nitrogens is 1. The molecule has 2 rings (SSSR count). The second-order valence-electron chi connectivity index (χ2n) is 4.02. The summed E-state index contributed by atoms with van der Waals surface area (Å²) in [6.45, 7) is 0.613. The van der Waals surface area contributed by atoms with Crippen molar-refractivity contribution in [3.05, 3.63) is 50.6 Å². The zero-order valence-corrected chi connectivity index (χ0v) is 13.0. The maximum absolute atomic E-state index is 12.0. The lowest BCUT2D eigenvalue weighted by Crippen LogP contribution is -2.25. The Balaban J connectivity index is 1.82. The Labute approximate surface area is 130 Å². The van der Waals surface area contributed by atoms with Crippen LogP contribution in [0.15, 0.2) is 30.6 Å². The summed E-state index contributed by atoms with van der Waals surface area (Å²) in [5.74, 6) is 0.845. The highest BCUT2D eigenvalue weighted by molar-refractivity contribution is 14.1. The third-order valence-electron chi connectivity index (χ3n) is 2.60. The molecular weight excluding hydrogens is 377 g/mol. The molecule has 1 aromatic carbocycles. The molecule has 0 aliphatic rings. The first-order valence-electron chi connectivity index (χ1n) is 5.88. The minimum Gasteiger partial charge on any atom is -0.352 e. The molecular formula is C13H13ClIN3O. The molecule has 2 N–H and O–H groups in total. The molecule has 1 amide bonds. The van der Waals surface area contributed by atoms with E-state index < -0.39 is 0 Å². The summed E-state index contributed by atoms with van der Waals surface area (Å²) in [6.07, 6.45) is 5.18. The summed E-state index contributed by atoms with van der Waals surface area (Å²) in [6, 6.07) is 5.29. The van der Waals surface area contributed by atoms with Crippen LogP contribution in [-0.4, -0.2) is 22.4 Å². The molecule has 0 atom stereocenters. The van der Waals surface area contributed by atoms with Crippen LogP contribution in [0, 0.1) is 3.57 Å². The lowest BCUT2D eigenvalue weighted by molar-refractivity contribution is 0.0952. The lowest BCUT2D eigenvalue weighted by Gasteiger charge is -2.07. The van der Waals surface area contributed by atoms with E-state index in [2.05, 4.69) is 37.9 Å². The Kier molecular flexibility index (Phi) is 5.21. The van der Waals surface area contributed by atoms with Crippen molar-refractivity contribution < 1.29 is 4.79 Å². The van der Waals surface area contributed by atoms with Crippen LogP contribution >= 0.6 is 34.2 Å². The molecule has 100 valence electrons. The average molecular weight is 390 g/mol. The van der Waals surface area contributed by atoms with Crippen LogP contribution < -0.4 is 5.32 Å². The number of aromatic amines is 1. The third kappa shape index (κ3) is 4.21. The number of rotatable bonds is 5. The Morgan fingerprint density at radius 2 is 2.32 bits per heavy atom. The number of hydrogen-bond donors (Lipinski definition) is 2. The van der Waals surface area contributed by atoms with Gasteiger partial charge in [-0.05, 0) is 47.2 Å². The van der Waals surface area contributed by atoms with E-state index in [4.69, 9.17) is 11.6 Å². The number of imidazole rings is 1. The van der Waals surface area contributed by atoms with Gasteiger partial charge in [0.25, 0.3) is 5.91 Å². The minimum atomic E-state index is -0.0913. The Morgan fingerprint density at radius 3 is 3.05 bits per heavy atom. The highest BCUT2D eigenvalue weighted by Crippen LogP contribution is 2.17. The smallest absolute Gasteiger partial charge is 0.252 e. The van der Waals surface area contributed by atoms with Gasteiger partial charge in [-0.3, -0.25) is 4.79 Å². The maximum atomic E-state index is 12.0. The molecule has 0 aliphatic carbocycles. The van der Waals surface area contributed by atoms with Crippen molar-refractivity contribution in [3.63, 3.8) is 0 Å². The van der Waals surface area contributed by atoms with Crippen molar-refractivity contribution in [2.45, 2.75) is 12.8 Å². The van der Waals surface area contributed by atoms with Crippen LogP contribution in [-0.2, 0) is 6.42 Å². The van der Waals surface area contributed by atoms with Crippen molar-refractivity contribution in [1.82, 2.24) is 15.3 Å². The third-order valence-corrected chi connectivity index (χ3v) is 3.78. The summed E-state index contributed by atoms with van der Waals surface area (Å²) in [4.78, 5) is 19.1. The fraction of sp³-hybridized carbons (Fsp3) is 0.231. The van der Waals surface area contributed by atoms with Crippen molar-refractivity contribution in [2.75, 3.05) is 6.54 Å². The van der Waals surface area contributed by atoms with Crippen molar-refractivity contribution in [2.24, 2.45) is 0 Å². The Bertz CT molecular complexity index is 557. The van der Waals surface area contributed by atoms with Gasteiger partial charge in [0, 0.05) is 34.0 Å². The maximum Gasteiger partial charge on any atom is 0.252 e. The van der Waals surface area contributed by atoms with Crippen molar-refractivity contribution in [3.8, 4) is 0 Å². The second-order valence-corrected chi connectivity index (χ2v) is 5.62. The van der Waals surface area contributed by atoms with E-state index in [0.717, 1.165) is 22.2 Å². The number of benzene rings is 1. The van der Waals surface area contributed by atoms with E-state index in [0.29, 0.717) is 17.1 Å². The molecule has 0 radical (unpaired) electrons. The van der Waals surface area contributed by atoms with Gasteiger partial charge in [0.1, 0.15) is 5.82 Å². The molecule has 1 heterocycles. The normalized spacial score (nSPS) is 10.4. The predicted octanol–water partition coefficient (Wildman–Crippen LogP) is 3.03. The molecule has 6 heteroatoms. The van der Waals surface area contributed by atoms with E-state index in [9.17, 15) is 4.79 Å². The van der Waals surface area contributed by atoms with Crippen LogP contribution in [0.5, 0.6) is 0 Å². The number of nitrogens with zero attached hydrogens (tertiary/aromatic N) is 1. The fourth-order valence-corrected chi connectivity index (χ4v) is 2.41. The zero-order chi connectivity index (χ0) is 13.7. The zero-order valence-electron chi connectivity index (χ0n) is 10.1. The Hall–Kier alpha value is -1.08. The van der Waals surface area contributed by atoms with Gasteiger partial charge < -0.3 is 10.3 Å². The summed E-state index contributed by atoms with van der Waals surface area (Å²) >= 11 is 8.02. The molecule has 0 saturated heterocycles. The number of carbonyl (C=O) groups excluding carboxylic acids is 1. The predicted molar refractivity (Wildman–Crippen MR) is 83.4 cm³/mol. The van der Waals surface area contributed by atoms with Crippen molar-refractivity contribution >= 4 is 40.1 Å². The van der Waals surface area contributed by atoms with Gasteiger partial charge in [-0.1, -0.05) is 11.6 Å². The van der Waals surface area contributed by atoms with Gasteiger partial charge in [-0.25, -0.2) is 4.98 Å². The van der Waals surface area contributed by atoms with Crippen LogP contribution in [0.2, 0.25) is 5.02 Å². The van der Waals surface area contributed by atoms with E-state index in [-0.39, 0.29) is 5.91 Å². The summed E-state index contributed by atoms with van der Waals surface area (Å²) in [7, 11) is 0. The first kappa shape index (κ1) is 14.3. The quantitative estimate of drug-likeness (QED) is 0.610. The number of carbonyl (C=O) groups is 1. The van der Waals surface area contributed by atoms with E-state index >= 15 is 0 Å². The van der Waals surface area contributed by atoms with Gasteiger partial charge in [-0.2, -0.15) is 0 Å². The first-order valence-corrected chi connectivity index (χ1v) is 7.34. The molecule has 4 nitrogen and oxygen atoms in total. The largest absolute Gasteiger partial charge is 0.352 e. The highest BCUT2D eigenvalue weighted by Gasteiger charge is 2.09. The number of aryl methyl sites for hydroxylation is 1. The summed E-state index contributed by atoms with van der Waals surface area (Å²) in [5, 5.41) is 3.46.